The molecule has 0 radical (unpaired) electrons. The number of aromatic nitrogens is 2. The van der Waals surface area contributed by atoms with Crippen LogP contribution in [0.1, 0.15) is 5.82 Å². The van der Waals surface area contributed by atoms with Crippen molar-refractivity contribution >= 4 is 21.6 Å². The molecule has 0 aliphatic rings. The van der Waals surface area contributed by atoms with Crippen molar-refractivity contribution in [1.82, 2.24) is 10.1 Å². The van der Waals surface area contributed by atoms with Crippen LogP contribution in [0.4, 0.5) is 18.9 Å². The number of hydrogen-bond acceptors (Lipinski definition) is 4. The highest BCUT2D eigenvalue weighted by atomic mass is 79.9. The molecule has 2 rings (SSSR count). The molecule has 0 unspecified atom stereocenters. The molecule has 0 amide bonds. The molecule has 2 N–H and O–H groups in total. The minimum absolute atomic E-state index is 0.247. The zero-order valence-electron chi connectivity index (χ0n) is 8.12. The lowest BCUT2D eigenvalue weighted by molar-refractivity contribution is -0.146. The number of hydrogen-bond donors (Lipinski definition) is 1. The molecule has 1 heterocycles. The molecule has 0 fully saturated rings. The van der Waals surface area contributed by atoms with Gasteiger partial charge < -0.3 is 10.3 Å². The smallest absolute Gasteiger partial charge is 0.398 e. The average Bonchev–Trinajstić information content (AvgIpc) is 2.65. The highest BCUT2D eigenvalue weighted by Crippen LogP contribution is 2.31. The number of alkyl halides is 3. The van der Waals surface area contributed by atoms with E-state index in [2.05, 4.69) is 30.6 Å². The number of benzene rings is 1. The Morgan fingerprint density at radius 2 is 2.00 bits per heavy atom. The van der Waals surface area contributed by atoms with Crippen LogP contribution in [-0.2, 0) is 6.18 Å². The van der Waals surface area contributed by atoms with E-state index < -0.39 is 12.0 Å². The summed E-state index contributed by atoms with van der Waals surface area (Å²) in [6.45, 7) is 0. The predicted molar refractivity (Wildman–Crippen MR) is 56.8 cm³/mol. The van der Waals surface area contributed by atoms with Gasteiger partial charge in [-0.3, -0.25) is 0 Å². The first kappa shape index (κ1) is 11.9. The van der Waals surface area contributed by atoms with Crippen molar-refractivity contribution in [1.29, 1.82) is 0 Å². The Balaban J connectivity index is 2.44. The van der Waals surface area contributed by atoms with Gasteiger partial charge in [-0.1, -0.05) is 21.1 Å². The minimum atomic E-state index is -4.63. The molecule has 90 valence electrons. The molecule has 0 bridgehead atoms. The van der Waals surface area contributed by atoms with E-state index in [0.29, 0.717) is 4.47 Å². The Bertz CT molecular complexity index is 553. The van der Waals surface area contributed by atoms with Crippen molar-refractivity contribution in [2.24, 2.45) is 0 Å². The van der Waals surface area contributed by atoms with Crippen molar-refractivity contribution in [2.45, 2.75) is 6.18 Å². The molecule has 0 aliphatic heterocycles. The molecule has 4 nitrogen and oxygen atoms in total. The summed E-state index contributed by atoms with van der Waals surface area (Å²) in [7, 11) is 0. The number of nitrogen functional groups attached to an aromatic ring is 1. The third-order valence-corrected chi connectivity index (χ3v) is 2.42. The van der Waals surface area contributed by atoms with Crippen molar-refractivity contribution in [3.05, 3.63) is 28.5 Å². The van der Waals surface area contributed by atoms with Crippen LogP contribution in [0, 0.1) is 0 Å². The van der Waals surface area contributed by atoms with Crippen LogP contribution in [0.2, 0.25) is 0 Å². The normalized spacial score (nSPS) is 11.8. The maximum atomic E-state index is 12.3. The summed E-state index contributed by atoms with van der Waals surface area (Å²) in [5, 5.41) is 2.85. The molecule has 1 aromatic heterocycles. The number of rotatable bonds is 1. The fourth-order valence-corrected chi connectivity index (χ4v) is 1.56. The fourth-order valence-electron chi connectivity index (χ4n) is 1.18. The third-order valence-electron chi connectivity index (χ3n) is 1.92. The van der Waals surface area contributed by atoms with Gasteiger partial charge in [-0.15, -0.1) is 0 Å². The summed E-state index contributed by atoms with van der Waals surface area (Å²) in [6, 6.07) is 4.64. The van der Waals surface area contributed by atoms with Gasteiger partial charge in [-0.2, -0.15) is 18.2 Å². The van der Waals surface area contributed by atoms with Gasteiger partial charge in [0.05, 0.1) is 5.56 Å². The van der Waals surface area contributed by atoms with Crippen LogP contribution in [0.25, 0.3) is 11.5 Å². The standard InChI is InChI=1S/C9H5BrF3N3O/c10-4-1-2-5(6(14)3-4)7-15-8(16-17-7)9(11,12)13/h1-3H,14H2. The second kappa shape index (κ2) is 4.02. The van der Waals surface area contributed by atoms with E-state index in [-0.39, 0.29) is 17.1 Å². The van der Waals surface area contributed by atoms with Crippen LogP contribution >= 0.6 is 15.9 Å². The molecule has 0 saturated heterocycles. The number of halogens is 4. The zero-order valence-corrected chi connectivity index (χ0v) is 9.71. The van der Waals surface area contributed by atoms with Crippen LogP contribution in [-0.4, -0.2) is 10.1 Å². The lowest BCUT2D eigenvalue weighted by Gasteiger charge is -2.00. The van der Waals surface area contributed by atoms with Crippen LogP contribution in [0.15, 0.2) is 27.2 Å². The van der Waals surface area contributed by atoms with E-state index >= 15 is 0 Å². The van der Waals surface area contributed by atoms with Gasteiger partial charge in [0.15, 0.2) is 0 Å². The summed E-state index contributed by atoms with van der Waals surface area (Å²) in [5.74, 6) is -1.59. The van der Waals surface area contributed by atoms with Gasteiger partial charge in [0.2, 0.25) is 0 Å². The maximum Gasteiger partial charge on any atom is 0.455 e. The lowest BCUT2D eigenvalue weighted by atomic mass is 10.2. The molecule has 17 heavy (non-hydrogen) atoms. The van der Waals surface area contributed by atoms with Gasteiger partial charge in [0.1, 0.15) is 0 Å². The Kier molecular flexibility index (Phi) is 2.82. The molecule has 0 aliphatic carbocycles. The fraction of sp³-hybridized carbons (Fsp3) is 0.111. The Labute approximate surface area is 102 Å². The number of nitrogens with two attached hydrogens (primary N) is 1. The monoisotopic (exact) mass is 307 g/mol. The van der Waals surface area contributed by atoms with Crippen molar-refractivity contribution in [3.8, 4) is 11.5 Å². The number of nitrogens with zero attached hydrogens (tertiary/aromatic N) is 2. The summed E-state index contributed by atoms with van der Waals surface area (Å²) in [5.41, 5.74) is 6.14. The van der Waals surface area contributed by atoms with Gasteiger partial charge >= 0.3 is 6.18 Å². The maximum absolute atomic E-state index is 12.3. The number of anilines is 1. The van der Waals surface area contributed by atoms with Crippen molar-refractivity contribution < 1.29 is 17.7 Å². The average molecular weight is 308 g/mol. The zero-order chi connectivity index (χ0) is 12.6. The molecule has 1 aromatic carbocycles. The topological polar surface area (TPSA) is 64.9 Å². The lowest BCUT2D eigenvalue weighted by Crippen LogP contribution is -2.07. The van der Waals surface area contributed by atoms with Crippen molar-refractivity contribution in [2.75, 3.05) is 5.73 Å². The quantitative estimate of drug-likeness (QED) is 0.822. The van der Waals surface area contributed by atoms with E-state index in [9.17, 15) is 13.2 Å². The molecule has 8 heteroatoms. The second-order valence-corrected chi connectivity index (χ2v) is 4.07. The highest BCUT2D eigenvalue weighted by Gasteiger charge is 2.37. The first-order chi connectivity index (χ1) is 7.88. The summed E-state index contributed by atoms with van der Waals surface area (Å²) in [6.07, 6.45) is -4.63. The molecule has 0 saturated carbocycles. The highest BCUT2D eigenvalue weighted by molar-refractivity contribution is 9.10. The first-order valence-corrected chi connectivity index (χ1v) is 5.13. The third kappa shape index (κ3) is 2.41. The van der Waals surface area contributed by atoms with Gasteiger partial charge in [-0.25, -0.2) is 0 Å². The SMILES string of the molecule is Nc1cc(Br)ccc1-c1nc(C(F)(F)F)no1. The molecular formula is C9H5BrF3N3O. The van der Waals surface area contributed by atoms with E-state index in [1.54, 1.807) is 6.07 Å². The predicted octanol–water partition coefficient (Wildman–Crippen LogP) is 3.10. The van der Waals surface area contributed by atoms with Crippen LogP contribution in [0.3, 0.4) is 0 Å². The summed E-state index contributed by atoms with van der Waals surface area (Å²) in [4.78, 5) is 3.24. The van der Waals surface area contributed by atoms with E-state index in [4.69, 9.17) is 5.73 Å². The van der Waals surface area contributed by atoms with E-state index in [0.717, 1.165) is 0 Å². The van der Waals surface area contributed by atoms with E-state index in [1.807, 2.05) is 0 Å². The van der Waals surface area contributed by atoms with Crippen molar-refractivity contribution in [3.63, 3.8) is 0 Å². The van der Waals surface area contributed by atoms with Crippen LogP contribution < -0.4 is 5.73 Å². The Hall–Kier alpha value is -1.57. The summed E-state index contributed by atoms with van der Waals surface area (Å²) < 4.78 is 42.0. The first-order valence-electron chi connectivity index (χ1n) is 4.34. The molecular weight excluding hydrogens is 303 g/mol. The molecule has 0 atom stereocenters. The minimum Gasteiger partial charge on any atom is -0.398 e. The largest absolute Gasteiger partial charge is 0.455 e. The van der Waals surface area contributed by atoms with Gasteiger partial charge in [-0.05, 0) is 18.2 Å². The summed E-state index contributed by atoms with van der Waals surface area (Å²) >= 11 is 3.18. The van der Waals surface area contributed by atoms with Crippen LogP contribution in [0.5, 0.6) is 0 Å². The molecule has 2 aromatic rings. The van der Waals surface area contributed by atoms with Gasteiger partial charge in [0.25, 0.3) is 11.7 Å². The second-order valence-electron chi connectivity index (χ2n) is 3.15. The Morgan fingerprint density at radius 3 is 2.53 bits per heavy atom. The van der Waals surface area contributed by atoms with Gasteiger partial charge in [0, 0.05) is 10.2 Å². The Morgan fingerprint density at radius 1 is 1.29 bits per heavy atom. The van der Waals surface area contributed by atoms with E-state index in [1.165, 1.54) is 12.1 Å². The molecule has 0 spiro atoms.